The third-order valence-electron chi connectivity index (χ3n) is 1.87. The largest absolute Gasteiger partial charge is 0.361 e. The molecule has 0 aliphatic carbocycles. The smallest absolute Gasteiger partial charge is 0.223 e. The van der Waals surface area contributed by atoms with Gasteiger partial charge in [0.1, 0.15) is 11.0 Å². The van der Waals surface area contributed by atoms with Gasteiger partial charge in [-0.3, -0.25) is 0 Å². The van der Waals surface area contributed by atoms with E-state index in [1.54, 1.807) is 6.92 Å². The van der Waals surface area contributed by atoms with E-state index in [9.17, 15) is 0 Å². The maximum absolute atomic E-state index is 5.94. The minimum Gasteiger partial charge on any atom is -0.361 e. The highest BCUT2D eigenvalue weighted by atomic mass is 35.5. The standard InChI is InChI=1S/C9H7Cl3N4O/c1-4-14-7(16-17-4)3-13-9-6(11)2-5(10)8(12)15-9/h2H,3H2,1H3,(H,13,15). The Labute approximate surface area is 112 Å². The van der Waals surface area contributed by atoms with E-state index >= 15 is 0 Å². The maximum Gasteiger partial charge on any atom is 0.223 e. The molecule has 2 rings (SSSR count). The summed E-state index contributed by atoms with van der Waals surface area (Å²) in [6, 6.07) is 1.52. The number of rotatable bonds is 3. The Kier molecular flexibility index (Phi) is 3.71. The quantitative estimate of drug-likeness (QED) is 0.879. The zero-order chi connectivity index (χ0) is 12.4. The van der Waals surface area contributed by atoms with Crippen LogP contribution in [0.5, 0.6) is 0 Å². The van der Waals surface area contributed by atoms with Crippen LogP contribution in [0.15, 0.2) is 10.6 Å². The van der Waals surface area contributed by atoms with Gasteiger partial charge in [0.05, 0.1) is 16.6 Å². The molecule has 0 aromatic carbocycles. The van der Waals surface area contributed by atoms with Crippen molar-refractivity contribution in [3.8, 4) is 0 Å². The van der Waals surface area contributed by atoms with Gasteiger partial charge in [-0.05, 0) is 6.07 Å². The van der Waals surface area contributed by atoms with Crippen LogP contribution in [-0.2, 0) is 6.54 Å². The molecule has 0 bridgehead atoms. The van der Waals surface area contributed by atoms with E-state index in [4.69, 9.17) is 39.3 Å². The highest BCUT2D eigenvalue weighted by molar-refractivity contribution is 6.42. The lowest BCUT2D eigenvalue weighted by molar-refractivity contribution is 0.388. The van der Waals surface area contributed by atoms with Crippen molar-refractivity contribution in [2.75, 3.05) is 5.32 Å². The summed E-state index contributed by atoms with van der Waals surface area (Å²) >= 11 is 17.5. The highest BCUT2D eigenvalue weighted by Crippen LogP contribution is 2.28. The van der Waals surface area contributed by atoms with Crippen LogP contribution in [0.3, 0.4) is 0 Å². The number of anilines is 1. The first kappa shape index (κ1) is 12.4. The van der Waals surface area contributed by atoms with Crippen molar-refractivity contribution in [2.24, 2.45) is 0 Å². The van der Waals surface area contributed by atoms with E-state index in [2.05, 4.69) is 20.4 Å². The first-order valence-electron chi connectivity index (χ1n) is 4.61. The second kappa shape index (κ2) is 5.08. The Morgan fingerprint density at radius 1 is 1.24 bits per heavy atom. The van der Waals surface area contributed by atoms with E-state index in [1.165, 1.54) is 6.07 Å². The van der Waals surface area contributed by atoms with Crippen LogP contribution in [0.2, 0.25) is 15.2 Å². The molecule has 5 nitrogen and oxygen atoms in total. The van der Waals surface area contributed by atoms with Gasteiger partial charge in [-0.2, -0.15) is 4.98 Å². The molecule has 0 spiro atoms. The summed E-state index contributed by atoms with van der Waals surface area (Å²) in [4.78, 5) is 8.02. The van der Waals surface area contributed by atoms with E-state index in [0.717, 1.165) is 0 Å². The minimum absolute atomic E-state index is 0.183. The average Bonchev–Trinajstić information content (AvgIpc) is 2.68. The summed E-state index contributed by atoms with van der Waals surface area (Å²) in [6.45, 7) is 2.04. The van der Waals surface area contributed by atoms with Crippen molar-refractivity contribution in [3.05, 3.63) is 33.0 Å². The number of aryl methyl sites for hydroxylation is 1. The van der Waals surface area contributed by atoms with Crippen LogP contribution in [0.1, 0.15) is 11.7 Å². The van der Waals surface area contributed by atoms with Crippen LogP contribution < -0.4 is 5.32 Å². The van der Waals surface area contributed by atoms with Crippen molar-refractivity contribution in [1.82, 2.24) is 15.1 Å². The molecule has 0 unspecified atom stereocenters. The molecule has 0 aliphatic rings. The monoisotopic (exact) mass is 292 g/mol. The van der Waals surface area contributed by atoms with Crippen molar-refractivity contribution < 1.29 is 4.52 Å². The molecule has 2 aromatic rings. The van der Waals surface area contributed by atoms with E-state index in [0.29, 0.717) is 34.1 Å². The molecular formula is C9H7Cl3N4O. The summed E-state index contributed by atoms with van der Waals surface area (Å²) in [5.41, 5.74) is 0. The molecule has 0 radical (unpaired) electrons. The molecule has 0 aliphatic heterocycles. The number of pyridine rings is 1. The lowest BCUT2D eigenvalue weighted by Crippen LogP contribution is -2.03. The molecule has 2 aromatic heterocycles. The fourth-order valence-electron chi connectivity index (χ4n) is 1.14. The van der Waals surface area contributed by atoms with Gasteiger partial charge in [-0.15, -0.1) is 0 Å². The predicted molar refractivity (Wildman–Crippen MR) is 65.6 cm³/mol. The number of nitrogens with one attached hydrogen (secondary N) is 1. The Bertz CT molecular complexity index is 543. The molecule has 0 saturated heterocycles. The highest BCUT2D eigenvalue weighted by Gasteiger charge is 2.09. The van der Waals surface area contributed by atoms with Crippen molar-refractivity contribution >= 4 is 40.6 Å². The second-order valence-electron chi connectivity index (χ2n) is 3.17. The molecule has 0 fully saturated rings. The Morgan fingerprint density at radius 3 is 2.65 bits per heavy atom. The predicted octanol–water partition coefficient (Wildman–Crippen LogP) is 3.35. The molecule has 0 saturated carbocycles. The number of nitrogens with zero attached hydrogens (tertiary/aromatic N) is 3. The lowest BCUT2D eigenvalue weighted by Gasteiger charge is -2.06. The first-order valence-corrected chi connectivity index (χ1v) is 5.74. The summed E-state index contributed by atoms with van der Waals surface area (Å²) in [6.07, 6.45) is 0. The van der Waals surface area contributed by atoms with Gasteiger partial charge in [-0.1, -0.05) is 40.0 Å². The molecule has 8 heteroatoms. The van der Waals surface area contributed by atoms with Crippen LogP contribution in [-0.4, -0.2) is 15.1 Å². The van der Waals surface area contributed by atoms with Crippen LogP contribution in [0.25, 0.3) is 0 Å². The second-order valence-corrected chi connectivity index (χ2v) is 4.35. The van der Waals surface area contributed by atoms with Crippen LogP contribution in [0.4, 0.5) is 5.82 Å². The normalized spacial score (nSPS) is 10.6. The number of hydrogen-bond donors (Lipinski definition) is 1. The Morgan fingerprint density at radius 2 is 2.00 bits per heavy atom. The van der Waals surface area contributed by atoms with Crippen molar-refractivity contribution in [3.63, 3.8) is 0 Å². The maximum atomic E-state index is 5.94. The summed E-state index contributed by atoms with van der Waals surface area (Å²) in [5, 5.41) is 7.52. The van der Waals surface area contributed by atoms with Crippen LogP contribution >= 0.6 is 34.8 Å². The van der Waals surface area contributed by atoms with Gasteiger partial charge in [-0.25, -0.2) is 4.98 Å². The summed E-state index contributed by atoms with van der Waals surface area (Å²) in [7, 11) is 0. The summed E-state index contributed by atoms with van der Waals surface area (Å²) < 4.78 is 4.82. The first-order chi connectivity index (χ1) is 8.06. The van der Waals surface area contributed by atoms with Gasteiger partial charge in [0.2, 0.25) is 5.89 Å². The van der Waals surface area contributed by atoms with Crippen LogP contribution in [0, 0.1) is 6.92 Å². The molecular weight excluding hydrogens is 286 g/mol. The molecule has 0 atom stereocenters. The van der Waals surface area contributed by atoms with Crippen molar-refractivity contribution in [1.29, 1.82) is 0 Å². The van der Waals surface area contributed by atoms with Gasteiger partial charge in [0, 0.05) is 6.92 Å². The fraction of sp³-hybridized carbons (Fsp3) is 0.222. The average molecular weight is 294 g/mol. The van der Waals surface area contributed by atoms with E-state index in [-0.39, 0.29) is 5.15 Å². The molecule has 1 N–H and O–H groups in total. The number of halogens is 3. The third kappa shape index (κ3) is 3.00. The zero-order valence-corrected chi connectivity index (χ0v) is 10.9. The van der Waals surface area contributed by atoms with Gasteiger partial charge in [0.25, 0.3) is 0 Å². The van der Waals surface area contributed by atoms with E-state index in [1.807, 2.05) is 0 Å². The van der Waals surface area contributed by atoms with Gasteiger partial charge in [0.15, 0.2) is 5.82 Å². The molecule has 90 valence electrons. The Balaban J connectivity index is 2.11. The third-order valence-corrected chi connectivity index (χ3v) is 2.83. The van der Waals surface area contributed by atoms with Gasteiger partial charge < -0.3 is 9.84 Å². The topological polar surface area (TPSA) is 63.8 Å². The fourth-order valence-corrected chi connectivity index (χ4v) is 1.71. The number of aromatic nitrogens is 3. The molecule has 0 amide bonds. The zero-order valence-electron chi connectivity index (χ0n) is 8.67. The molecule has 17 heavy (non-hydrogen) atoms. The SMILES string of the molecule is Cc1nc(CNc2nc(Cl)c(Cl)cc2Cl)no1. The van der Waals surface area contributed by atoms with Gasteiger partial charge >= 0.3 is 0 Å². The Hall–Kier alpha value is -1.04. The summed E-state index contributed by atoms with van der Waals surface area (Å²) in [5.74, 6) is 1.42. The van der Waals surface area contributed by atoms with E-state index < -0.39 is 0 Å². The molecule has 2 heterocycles. The number of hydrogen-bond acceptors (Lipinski definition) is 5. The minimum atomic E-state index is 0.183. The van der Waals surface area contributed by atoms with Crippen molar-refractivity contribution in [2.45, 2.75) is 13.5 Å². The lowest BCUT2D eigenvalue weighted by atomic mass is 10.4.